The number of anilines is 1. The van der Waals surface area contributed by atoms with E-state index in [1.165, 1.54) is 23.2 Å². The number of ether oxygens (including phenoxy) is 1. The Morgan fingerprint density at radius 2 is 2.03 bits per heavy atom. The lowest BCUT2D eigenvalue weighted by molar-refractivity contribution is 0.100. The standard InChI is InChI=1S/C24H16ClF2N5O4S/c25-13-4-1-2-5-17(13)36-11-32-15(7-8-29-32)23(34)31-19-18-12(16-6-3-9-35-16)10-14(21(26)27)30-24(18)37-20(19)22(28)33/h1-10,21H,11H2,(H2,28,33)(H,31,34). The fourth-order valence-electron chi connectivity index (χ4n) is 3.65. The van der Waals surface area contributed by atoms with Crippen LogP contribution in [-0.4, -0.2) is 26.6 Å². The highest BCUT2D eigenvalue weighted by atomic mass is 35.5. The third kappa shape index (κ3) is 4.76. The van der Waals surface area contributed by atoms with Gasteiger partial charge in [-0.25, -0.2) is 18.4 Å². The molecule has 0 radical (unpaired) electrons. The van der Waals surface area contributed by atoms with Crippen LogP contribution in [0.3, 0.4) is 0 Å². The molecule has 0 fully saturated rings. The van der Waals surface area contributed by atoms with Gasteiger partial charge >= 0.3 is 0 Å². The van der Waals surface area contributed by atoms with Crippen LogP contribution < -0.4 is 15.8 Å². The lowest BCUT2D eigenvalue weighted by Crippen LogP contribution is -2.21. The molecule has 0 unspecified atom stereocenters. The van der Waals surface area contributed by atoms with Crippen molar-refractivity contribution in [2.45, 2.75) is 13.2 Å². The van der Waals surface area contributed by atoms with E-state index >= 15 is 0 Å². The number of para-hydroxylation sites is 1. The number of carbonyl (C=O) groups is 2. The summed E-state index contributed by atoms with van der Waals surface area (Å²) < 4.78 is 39.5. The molecule has 0 aliphatic rings. The van der Waals surface area contributed by atoms with E-state index in [0.29, 0.717) is 10.8 Å². The summed E-state index contributed by atoms with van der Waals surface area (Å²) in [6.07, 6.45) is -0.0975. The minimum atomic E-state index is -2.87. The Hall–Kier alpha value is -4.29. The van der Waals surface area contributed by atoms with Gasteiger partial charge in [-0.3, -0.25) is 9.59 Å². The molecular weight excluding hydrogens is 528 g/mol. The van der Waals surface area contributed by atoms with Gasteiger partial charge < -0.3 is 20.2 Å². The number of nitrogens with two attached hydrogens (primary N) is 1. The predicted octanol–water partition coefficient (Wildman–Crippen LogP) is 5.73. The number of hydrogen-bond acceptors (Lipinski definition) is 7. The van der Waals surface area contributed by atoms with Gasteiger partial charge in [-0.2, -0.15) is 5.10 Å². The average molecular weight is 544 g/mol. The smallest absolute Gasteiger partial charge is 0.280 e. The van der Waals surface area contributed by atoms with Crippen LogP contribution in [0.2, 0.25) is 5.02 Å². The number of pyridine rings is 1. The Kier molecular flexibility index (Phi) is 6.59. The molecule has 37 heavy (non-hydrogen) atoms. The normalized spacial score (nSPS) is 11.2. The van der Waals surface area contributed by atoms with Crippen molar-refractivity contribution in [2.24, 2.45) is 5.73 Å². The molecular formula is C24H16ClF2N5O4S. The van der Waals surface area contributed by atoms with Gasteiger partial charge in [-0.15, -0.1) is 11.3 Å². The number of amides is 2. The van der Waals surface area contributed by atoms with E-state index in [4.69, 9.17) is 26.5 Å². The maximum absolute atomic E-state index is 13.6. The molecule has 5 aromatic rings. The number of nitrogens with zero attached hydrogens (tertiary/aromatic N) is 3. The number of thiophene rings is 1. The molecule has 4 aromatic heterocycles. The van der Waals surface area contributed by atoms with Crippen molar-refractivity contribution >= 4 is 50.7 Å². The van der Waals surface area contributed by atoms with Crippen molar-refractivity contribution in [3.8, 4) is 17.1 Å². The van der Waals surface area contributed by atoms with Crippen LogP contribution in [0, 0.1) is 0 Å². The van der Waals surface area contributed by atoms with Crippen molar-refractivity contribution in [1.29, 1.82) is 0 Å². The number of fused-ring (bicyclic) bond motifs is 1. The summed E-state index contributed by atoms with van der Waals surface area (Å²) in [6.45, 7) is -0.135. The van der Waals surface area contributed by atoms with Gasteiger partial charge in [0.25, 0.3) is 18.2 Å². The number of furan rings is 1. The second kappa shape index (κ2) is 9.99. The van der Waals surface area contributed by atoms with Crippen LogP contribution in [0.25, 0.3) is 21.5 Å². The number of hydrogen-bond donors (Lipinski definition) is 2. The van der Waals surface area contributed by atoms with Gasteiger partial charge in [0.15, 0.2) is 6.73 Å². The Balaban J connectivity index is 1.54. The van der Waals surface area contributed by atoms with Gasteiger partial charge in [-0.1, -0.05) is 23.7 Å². The highest BCUT2D eigenvalue weighted by molar-refractivity contribution is 7.21. The lowest BCUT2D eigenvalue weighted by atomic mass is 10.1. The van der Waals surface area contributed by atoms with Gasteiger partial charge in [0.2, 0.25) is 0 Å². The second-order valence-electron chi connectivity index (χ2n) is 7.60. The molecule has 0 saturated carbocycles. The van der Waals surface area contributed by atoms with Crippen LogP contribution >= 0.6 is 22.9 Å². The number of rotatable bonds is 8. The van der Waals surface area contributed by atoms with Crippen LogP contribution in [0.5, 0.6) is 5.75 Å². The molecule has 0 spiro atoms. The molecule has 3 N–H and O–H groups in total. The largest absolute Gasteiger partial charge is 0.470 e. The Labute approximate surface area is 216 Å². The van der Waals surface area contributed by atoms with E-state index < -0.39 is 23.9 Å². The lowest BCUT2D eigenvalue weighted by Gasteiger charge is -2.12. The summed E-state index contributed by atoms with van der Waals surface area (Å²) in [5.74, 6) is -0.865. The summed E-state index contributed by atoms with van der Waals surface area (Å²) >= 11 is 6.91. The predicted molar refractivity (Wildman–Crippen MR) is 133 cm³/mol. The topological polar surface area (TPSA) is 125 Å². The Morgan fingerprint density at radius 1 is 1.22 bits per heavy atom. The van der Waals surface area contributed by atoms with Crippen LogP contribution in [0.1, 0.15) is 32.3 Å². The molecule has 13 heteroatoms. The minimum absolute atomic E-state index is 0.0250. The third-order valence-electron chi connectivity index (χ3n) is 5.28. The van der Waals surface area contributed by atoms with Gasteiger partial charge in [0.05, 0.1) is 17.0 Å². The Bertz CT molecular complexity index is 1620. The van der Waals surface area contributed by atoms with E-state index in [1.54, 1.807) is 36.4 Å². The zero-order valence-corrected chi connectivity index (χ0v) is 20.2. The number of alkyl halides is 2. The summed E-state index contributed by atoms with van der Waals surface area (Å²) in [4.78, 5) is 29.6. The van der Waals surface area contributed by atoms with E-state index in [9.17, 15) is 18.4 Å². The highest BCUT2D eigenvalue weighted by Gasteiger charge is 2.26. The molecule has 4 heterocycles. The number of nitrogens with one attached hydrogen (secondary N) is 1. The SMILES string of the molecule is NC(=O)c1sc2nc(C(F)F)cc(-c3ccco3)c2c1NC(=O)c1ccnn1COc1ccccc1Cl. The molecule has 0 aliphatic heterocycles. The van der Waals surface area contributed by atoms with E-state index in [2.05, 4.69) is 15.4 Å². The molecule has 188 valence electrons. The first-order valence-electron chi connectivity index (χ1n) is 10.6. The van der Waals surface area contributed by atoms with Crippen LogP contribution in [-0.2, 0) is 6.73 Å². The highest BCUT2D eigenvalue weighted by Crippen LogP contribution is 2.42. The third-order valence-corrected chi connectivity index (χ3v) is 6.69. The minimum Gasteiger partial charge on any atom is -0.470 e. The molecule has 0 atom stereocenters. The fraction of sp³-hybridized carbons (Fsp3) is 0.0833. The fourth-order valence-corrected chi connectivity index (χ4v) is 4.85. The summed E-state index contributed by atoms with van der Waals surface area (Å²) in [5.41, 5.74) is 5.40. The first-order valence-corrected chi connectivity index (χ1v) is 11.8. The molecule has 1 aromatic carbocycles. The molecule has 5 rings (SSSR count). The van der Waals surface area contributed by atoms with Crippen LogP contribution in [0.4, 0.5) is 14.5 Å². The average Bonchev–Trinajstić information content (AvgIpc) is 3.63. The van der Waals surface area contributed by atoms with Gasteiger partial charge in [0.1, 0.15) is 32.6 Å². The first-order chi connectivity index (χ1) is 17.8. The monoisotopic (exact) mass is 543 g/mol. The van der Waals surface area contributed by atoms with E-state index in [1.807, 2.05) is 0 Å². The van der Waals surface area contributed by atoms with E-state index in [-0.39, 0.29) is 44.5 Å². The van der Waals surface area contributed by atoms with Crippen molar-refractivity contribution in [3.63, 3.8) is 0 Å². The number of primary amides is 1. The summed E-state index contributed by atoms with van der Waals surface area (Å²) in [6, 6.07) is 12.6. The maximum Gasteiger partial charge on any atom is 0.280 e. The molecule has 2 amide bonds. The van der Waals surface area contributed by atoms with Crippen molar-refractivity contribution in [1.82, 2.24) is 14.8 Å². The van der Waals surface area contributed by atoms with Crippen molar-refractivity contribution in [3.05, 3.63) is 82.3 Å². The first kappa shape index (κ1) is 24.4. The quantitative estimate of drug-likeness (QED) is 0.257. The Morgan fingerprint density at radius 3 is 2.73 bits per heavy atom. The number of halogens is 3. The number of carbonyl (C=O) groups excluding carboxylic acids is 2. The van der Waals surface area contributed by atoms with Crippen molar-refractivity contribution < 1.29 is 27.5 Å². The molecule has 0 bridgehead atoms. The zero-order valence-electron chi connectivity index (χ0n) is 18.7. The van der Waals surface area contributed by atoms with Crippen molar-refractivity contribution in [2.75, 3.05) is 5.32 Å². The van der Waals surface area contributed by atoms with Gasteiger partial charge in [0, 0.05) is 17.1 Å². The maximum atomic E-state index is 13.6. The molecule has 0 saturated heterocycles. The number of aromatic nitrogens is 3. The second-order valence-corrected chi connectivity index (χ2v) is 9.00. The van der Waals surface area contributed by atoms with Crippen LogP contribution in [0.15, 0.2) is 65.4 Å². The summed E-state index contributed by atoms with van der Waals surface area (Å²) in [7, 11) is 0. The summed E-state index contributed by atoms with van der Waals surface area (Å²) in [5, 5.41) is 7.41. The zero-order chi connectivity index (χ0) is 26.1. The molecule has 9 nitrogen and oxygen atoms in total. The number of benzene rings is 1. The molecule has 0 aliphatic carbocycles. The van der Waals surface area contributed by atoms with Gasteiger partial charge in [-0.05, 0) is 36.4 Å². The van der Waals surface area contributed by atoms with E-state index in [0.717, 1.165) is 17.4 Å².